The Balaban J connectivity index is 2.08. The molecule has 3 aromatic heterocycles. The molecule has 24 heavy (non-hydrogen) atoms. The van der Waals surface area contributed by atoms with Crippen molar-refractivity contribution in [1.82, 2.24) is 19.5 Å². The van der Waals surface area contributed by atoms with Gasteiger partial charge in [0, 0.05) is 0 Å². The van der Waals surface area contributed by atoms with Crippen LogP contribution in [-0.2, 0) is 0 Å². The van der Waals surface area contributed by atoms with Crippen LogP contribution in [0.4, 0.5) is 14.5 Å². The lowest BCUT2D eigenvalue weighted by Crippen LogP contribution is -2.01. The summed E-state index contributed by atoms with van der Waals surface area (Å²) < 4.78 is 28.2. The summed E-state index contributed by atoms with van der Waals surface area (Å²) >= 11 is 1.26. The van der Waals surface area contributed by atoms with Gasteiger partial charge in [-0.3, -0.25) is 4.57 Å². The molecule has 0 aliphatic rings. The molecule has 0 saturated carbocycles. The number of aryl methyl sites for hydroxylation is 2. The average Bonchev–Trinajstić information content (AvgIpc) is 3.05. The number of para-hydroxylation sites is 2. The fourth-order valence-electron chi connectivity index (χ4n) is 2.90. The SMILES string of the molecule is Cc1nc(C)c2c(N)c(-c3nc4ccccc4n3C(F)F)sc2n1. The van der Waals surface area contributed by atoms with Crippen molar-refractivity contribution < 1.29 is 8.78 Å². The number of halogens is 2. The van der Waals surface area contributed by atoms with E-state index in [4.69, 9.17) is 5.73 Å². The Kier molecular flexibility index (Phi) is 3.24. The molecular formula is C16H13F2N5S. The molecule has 0 saturated heterocycles. The van der Waals surface area contributed by atoms with Crippen LogP contribution < -0.4 is 5.73 Å². The molecule has 0 aliphatic heterocycles. The number of nitrogens with zero attached hydrogens (tertiary/aromatic N) is 4. The molecule has 2 N–H and O–H groups in total. The largest absolute Gasteiger partial charge is 0.397 e. The van der Waals surface area contributed by atoms with Crippen LogP contribution in [0.1, 0.15) is 18.1 Å². The monoisotopic (exact) mass is 345 g/mol. The summed E-state index contributed by atoms with van der Waals surface area (Å²) in [4.78, 5) is 14.2. The molecule has 3 heterocycles. The van der Waals surface area contributed by atoms with E-state index >= 15 is 0 Å². The van der Waals surface area contributed by atoms with Gasteiger partial charge in [-0.05, 0) is 26.0 Å². The molecule has 0 fully saturated rings. The molecule has 0 aliphatic carbocycles. The van der Waals surface area contributed by atoms with Crippen LogP contribution in [0, 0.1) is 13.8 Å². The van der Waals surface area contributed by atoms with E-state index in [-0.39, 0.29) is 5.82 Å². The Morgan fingerprint density at radius 2 is 1.88 bits per heavy atom. The number of fused-ring (bicyclic) bond motifs is 2. The molecule has 1 aromatic carbocycles. The molecule has 0 amide bonds. The van der Waals surface area contributed by atoms with Crippen LogP contribution in [0.25, 0.3) is 32.0 Å². The van der Waals surface area contributed by atoms with Gasteiger partial charge < -0.3 is 5.73 Å². The van der Waals surface area contributed by atoms with E-state index in [1.165, 1.54) is 11.3 Å². The lowest BCUT2D eigenvalue weighted by atomic mass is 10.2. The van der Waals surface area contributed by atoms with Gasteiger partial charge in [0.25, 0.3) is 0 Å². The van der Waals surface area contributed by atoms with Crippen molar-refractivity contribution in [2.45, 2.75) is 20.4 Å². The maximum absolute atomic E-state index is 13.7. The van der Waals surface area contributed by atoms with Crippen molar-refractivity contribution in [3.8, 4) is 10.7 Å². The Morgan fingerprint density at radius 3 is 2.62 bits per heavy atom. The topological polar surface area (TPSA) is 69.6 Å². The first-order valence-corrected chi connectivity index (χ1v) is 8.07. The van der Waals surface area contributed by atoms with Gasteiger partial charge in [0.1, 0.15) is 10.7 Å². The van der Waals surface area contributed by atoms with Gasteiger partial charge in [-0.15, -0.1) is 11.3 Å². The molecule has 0 radical (unpaired) electrons. The number of nitrogen functional groups attached to an aromatic ring is 1. The smallest absolute Gasteiger partial charge is 0.320 e. The lowest BCUT2D eigenvalue weighted by Gasteiger charge is -2.07. The summed E-state index contributed by atoms with van der Waals surface area (Å²) in [6, 6.07) is 6.80. The summed E-state index contributed by atoms with van der Waals surface area (Å²) in [5, 5.41) is 0.702. The summed E-state index contributed by atoms with van der Waals surface area (Å²) in [5.74, 6) is 0.777. The van der Waals surface area contributed by atoms with E-state index in [1.54, 1.807) is 31.2 Å². The van der Waals surface area contributed by atoms with Crippen molar-refractivity contribution >= 4 is 38.3 Å². The number of anilines is 1. The first-order chi connectivity index (χ1) is 11.5. The molecule has 8 heteroatoms. The predicted octanol–water partition coefficient (Wildman–Crippen LogP) is 4.30. The minimum Gasteiger partial charge on any atom is -0.397 e. The molecule has 122 valence electrons. The molecule has 0 atom stereocenters. The van der Waals surface area contributed by atoms with Gasteiger partial charge >= 0.3 is 6.55 Å². The quantitative estimate of drug-likeness (QED) is 0.588. The number of thiophene rings is 1. The molecular weight excluding hydrogens is 332 g/mol. The second kappa shape index (κ2) is 5.20. The van der Waals surface area contributed by atoms with Gasteiger partial charge in [0.2, 0.25) is 0 Å². The zero-order chi connectivity index (χ0) is 17.0. The lowest BCUT2D eigenvalue weighted by molar-refractivity contribution is 0.0765. The summed E-state index contributed by atoms with van der Waals surface area (Å²) in [7, 11) is 0. The second-order valence-corrected chi connectivity index (χ2v) is 6.45. The fraction of sp³-hybridized carbons (Fsp3) is 0.188. The van der Waals surface area contributed by atoms with Crippen LogP contribution in [0.2, 0.25) is 0 Å². The minimum atomic E-state index is -2.72. The van der Waals surface area contributed by atoms with E-state index in [0.29, 0.717) is 37.6 Å². The maximum atomic E-state index is 13.7. The number of aromatic nitrogens is 4. The Labute approximate surface area is 139 Å². The predicted molar refractivity (Wildman–Crippen MR) is 91.3 cm³/mol. The van der Waals surface area contributed by atoms with Gasteiger partial charge in [-0.1, -0.05) is 12.1 Å². The zero-order valence-corrected chi connectivity index (χ0v) is 13.7. The van der Waals surface area contributed by atoms with Gasteiger partial charge in [-0.2, -0.15) is 8.78 Å². The van der Waals surface area contributed by atoms with Gasteiger partial charge in [-0.25, -0.2) is 15.0 Å². The third-order valence-electron chi connectivity index (χ3n) is 3.88. The van der Waals surface area contributed by atoms with Crippen LogP contribution in [0.3, 0.4) is 0 Å². The van der Waals surface area contributed by atoms with Crippen LogP contribution in [0.5, 0.6) is 0 Å². The third kappa shape index (κ3) is 2.06. The number of alkyl halides is 2. The van der Waals surface area contributed by atoms with E-state index in [0.717, 1.165) is 10.3 Å². The molecule has 0 unspecified atom stereocenters. The van der Waals surface area contributed by atoms with E-state index < -0.39 is 6.55 Å². The number of hydrogen-bond donors (Lipinski definition) is 1. The number of nitrogens with two attached hydrogens (primary N) is 1. The van der Waals surface area contributed by atoms with Crippen LogP contribution in [0.15, 0.2) is 24.3 Å². The molecule has 5 nitrogen and oxygen atoms in total. The Bertz CT molecular complexity index is 1080. The Hall–Kier alpha value is -2.61. The highest BCUT2D eigenvalue weighted by Gasteiger charge is 2.24. The number of imidazole rings is 1. The van der Waals surface area contributed by atoms with Crippen molar-refractivity contribution in [1.29, 1.82) is 0 Å². The summed E-state index contributed by atoms with van der Waals surface area (Å²) in [6.45, 7) is 0.905. The van der Waals surface area contributed by atoms with Gasteiger partial charge in [0.15, 0.2) is 5.82 Å². The summed E-state index contributed by atoms with van der Waals surface area (Å²) in [6.07, 6.45) is 0. The molecule has 0 spiro atoms. The Morgan fingerprint density at radius 1 is 1.12 bits per heavy atom. The highest BCUT2D eigenvalue weighted by Crippen LogP contribution is 2.42. The van der Waals surface area contributed by atoms with Gasteiger partial charge in [0.05, 0.1) is 32.7 Å². The van der Waals surface area contributed by atoms with Crippen molar-refractivity contribution in [3.05, 3.63) is 35.8 Å². The summed E-state index contributed by atoms with van der Waals surface area (Å²) in [5.41, 5.74) is 8.25. The van der Waals surface area contributed by atoms with Crippen molar-refractivity contribution in [3.63, 3.8) is 0 Å². The second-order valence-electron chi connectivity index (χ2n) is 5.45. The van der Waals surface area contributed by atoms with Crippen molar-refractivity contribution in [2.75, 3.05) is 5.73 Å². The van der Waals surface area contributed by atoms with E-state index in [1.807, 2.05) is 6.92 Å². The highest BCUT2D eigenvalue weighted by atomic mass is 32.1. The van der Waals surface area contributed by atoms with Crippen LogP contribution >= 0.6 is 11.3 Å². The molecule has 0 bridgehead atoms. The highest BCUT2D eigenvalue weighted by molar-refractivity contribution is 7.22. The maximum Gasteiger partial charge on any atom is 0.320 e. The standard InChI is InChI=1S/C16H13F2N5S/c1-7-11-12(19)13(24-15(11)21-8(2)20-7)14-22-9-5-3-4-6-10(9)23(14)16(17)18/h3-6,16H,19H2,1-2H3. The number of rotatable bonds is 2. The molecule has 4 aromatic rings. The fourth-order valence-corrected chi connectivity index (χ4v) is 4.08. The minimum absolute atomic E-state index is 0.156. The van der Waals surface area contributed by atoms with E-state index in [2.05, 4.69) is 15.0 Å². The first kappa shape index (κ1) is 14.9. The molecule has 4 rings (SSSR count). The normalized spacial score (nSPS) is 11.9. The first-order valence-electron chi connectivity index (χ1n) is 7.26. The number of benzene rings is 1. The zero-order valence-electron chi connectivity index (χ0n) is 12.9. The third-order valence-corrected chi connectivity index (χ3v) is 4.97. The number of hydrogen-bond acceptors (Lipinski definition) is 5. The average molecular weight is 345 g/mol. The van der Waals surface area contributed by atoms with E-state index in [9.17, 15) is 8.78 Å². The van der Waals surface area contributed by atoms with Crippen molar-refractivity contribution in [2.24, 2.45) is 0 Å². The van der Waals surface area contributed by atoms with Crippen LogP contribution in [-0.4, -0.2) is 19.5 Å².